The van der Waals surface area contributed by atoms with Crippen molar-refractivity contribution in [1.29, 1.82) is 0 Å². The molecule has 0 aliphatic heterocycles. The number of hydrogen-bond donors (Lipinski definition) is 8. The zero-order valence-electron chi connectivity index (χ0n) is 20.8. The molecule has 0 saturated heterocycles. The first-order valence-electron chi connectivity index (χ1n) is 12.0. The number of nitrogens with one attached hydrogen (secondary N) is 3. The average molecular weight is 510 g/mol. The molecule has 4 atom stereocenters. The molecule has 1 aromatic rings. The van der Waals surface area contributed by atoms with Crippen molar-refractivity contribution < 1.29 is 34.5 Å². The van der Waals surface area contributed by atoms with E-state index in [0.29, 0.717) is 31.4 Å². The highest BCUT2D eigenvalue weighted by atomic mass is 16.4. The topological polar surface area (TPSA) is 217 Å². The lowest BCUT2D eigenvalue weighted by Gasteiger charge is -2.25. The van der Waals surface area contributed by atoms with E-state index in [-0.39, 0.29) is 24.5 Å². The molecule has 0 radical (unpaired) electrons. The van der Waals surface area contributed by atoms with E-state index in [1.807, 2.05) is 13.8 Å². The maximum absolute atomic E-state index is 13.2. The van der Waals surface area contributed by atoms with Gasteiger partial charge in [0.15, 0.2) is 0 Å². The number of phenolic OH excluding ortho intramolecular Hbond substituents is 1. The van der Waals surface area contributed by atoms with Gasteiger partial charge in [-0.2, -0.15) is 0 Å². The summed E-state index contributed by atoms with van der Waals surface area (Å²) >= 11 is 0. The van der Waals surface area contributed by atoms with E-state index >= 15 is 0 Å². The summed E-state index contributed by atoms with van der Waals surface area (Å²) in [5.41, 5.74) is 12.1. The van der Waals surface area contributed by atoms with Crippen molar-refractivity contribution in [1.82, 2.24) is 16.0 Å². The number of carbonyl (C=O) groups excluding carboxylic acids is 3. The number of phenols is 1. The summed E-state index contributed by atoms with van der Waals surface area (Å²) in [4.78, 5) is 49.9. The molecule has 4 unspecified atom stereocenters. The van der Waals surface area contributed by atoms with Crippen molar-refractivity contribution >= 4 is 23.7 Å². The maximum atomic E-state index is 13.2. The minimum atomic E-state index is -1.56. The highest BCUT2D eigenvalue weighted by Gasteiger charge is 2.30. The molecule has 0 bridgehead atoms. The van der Waals surface area contributed by atoms with Crippen LogP contribution in [0.2, 0.25) is 0 Å². The van der Waals surface area contributed by atoms with Gasteiger partial charge in [-0.3, -0.25) is 14.4 Å². The molecule has 0 aliphatic rings. The molecule has 0 fully saturated rings. The number of carbonyl (C=O) groups is 4. The quantitative estimate of drug-likeness (QED) is 0.128. The Morgan fingerprint density at radius 3 is 1.97 bits per heavy atom. The number of aliphatic hydroxyl groups is 1. The molecule has 1 aromatic carbocycles. The van der Waals surface area contributed by atoms with Crippen molar-refractivity contribution in [2.75, 3.05) is 13.2 Å². The lowest BCUT2D eigenvalue weighted by molar-refractivity contribution is -0.143. The van der Waals surface area contributed by atoms with Crippen LogP contribution in [0.15, 0.2) is 24.3 Å². The van der Waals surface area contributed by atoms with Gasteiger partial charge in [0.1, 0.15) is 23.9 Å². The fraction of sp³-hybridized carbons (Fsp3) is 0.583. The van der Waals surface area contributed by atoms with Crippen LogP contribution in [0.4, 0.5) is 0 Å². The van der Waals surface area contributed by atoms with E-state index in [9.17, 15) is 29.4 Å². The van der Waals surface area contributed by atoms with Crippen LogP contribution in [0.25, 0.3) is 0 Å². The van der Waals surface area contributed by atoms with Gasteiger partial charge in [0.2, 0.25) is 17.7 Å². The predicted molar refractivity (Wildman–Crippen MR) is 133 cm³/mol. The summed E-state index contributed by atoms with van der Waals surface area (Å²) in [5.74, 6) is -3.24. The SMILES string of the molecule is CC(C)CC(N)C(=O)NC(CCCCN)C(=O)NC(Cc1ccc(O)cc1)C(=O)NC(CO)C(=O)O. The number of aliphatic carboxylic acids is 1. The first-order chi connectivity index (χ1) is 17.0. The minimum absolute atomic E-state index is 0.00965. The third-order valence-corrected chi connectivity index (χ3v) is 5.45. The molecule has 3 amide bonds. The number of benzene rings is 1. The monoisotopic (exact) mass is 509 g/mol. The van der Waals surface area contributed by atoms with Crippen molar-refractivity contribution in [3.63, 3.8) is 0 Å². The summed E-state index contributed by atoms with van der Waals surface area (Å²) in [6.45, 7) is 3.40. The second kappa shape index (κ2) is 15.7. The molecule has 202 valence electrons. The van der Waals surface area contributed by atoms with E-state index in [4.69, 9.17) is 16.6 Å². The van der Waals surface area contributed by atoms with E-state index < -0.39 is 54.5 Å². The molecule has 10 N–H and O–H groups in total. The lowest BCUT2D eigenvalue weighted by atomic mass is 10.0. The lowest BCUT2D eigenvalue weighted by Crippen LogP contribution is -2.58. The van der Waals surface area contributed by atoms with Gasteiger partial charge >= 0.3 is 5.97 Å². The Balaban J connectivity index is 3.10. The van der Waals surface area contributed by atoms with Crippen LogP contribution in [-0.2, 0) is 25.6 Å². The molecule has 12 nitrogen and oxygen atoms in total. The standard InChI is InChI=1S/C24H39N5O7/c1-14(2)11-17(26)21(32)27-18(5-3-4-10-25)22(33)28-19(12-15-6-8-16(31)9-7-15)23(34)29-20(13-30)24(35)36/h6-9,14,17-20,30-31H,3-5,10-13,25-26H2,1-2H3,(H,27,32)(H,28,33)(H,29,34)(H,35,36). The Morgan fingerprint density at radius 2 is 1.44 bits per heavy atom. The van der Waals surface area contributed by atoms with Gasteiger partial charge in [-0.15, -0.1) is 0 Å². The number of aliphatic hydroxyl groups excluding tert-OH is 1. The number of nitrogens with two attached hydrogens (primary N) is 2. The van der Waals surface area contributed by atoms with E-state index in [0.717, 1.165) is 0 Å². The van der Waals surface area contributed by atoms with Gasteiger partial charge in [0.25, 0.3) is 0 Å². The minimum Gasteiger partial charge on any atom is -0.508 e. The van der Waals surface area contributed by atoms with Crippen LogP contribution in [0, 0.1) is 5.92 Å². The number of carboxylic acids is 1. The van der Waals surface area contributed by atoms with E-state index in [2.05, 4.69) is 16.0 Å². The molecular formula is C24H39N5O7. The number of carboxylic acid groups (broad SMARTS) is 1. The van der Waals surface area contributed by atoms with E-state index in [1.165, 1.54) is 12.1 Å². The average Bonchev–Trinajstić information content (AvgIpc) is 2.81. The number of rotatable bonds is 16. The summed E-state index contributed by atoms with van der Waals surface area (Å²) < 4.78 is 0. The Hall–Kier alpha value is -3.22. The third-order valence-electron chi connectivity index (χ3n) is 5.45. The Labute approximate surface area is 210 Å². The highest BCUT2D eigenvalue weighted by Crippen LogP contribution is 2.12. The van der Waals surface area contributed by atoms with Crippen LogP contribution in [-0.4, -0.2) is 76.3 Å². The molecule has 0 saturated carbocycles. The second-order valence-corrected chi connectivity index (χ2v) is 9.10. The number of aromatic hydroxyl groups is 1. The zero-order chi connectivity index (χ0) is 27.3. The molecule has 1 rings (SSSR count). The van der Waals surface area contributed by atoms with Gasteiger partial charge in [0.05, 0.1) is 12.6 Å². The molecule has 12 heteroatoms. The summed E-state index contributed by atoms with van der Waals surface area (Å²) in [7, 11) is 0. The first-order valence-corrected chi connectivity index (χ1v) is 12.0. The van der Waals surface area contributed by atoms with Gasteiger partial charge in [-0.05, 0) is 55.8 Å². The van der Waals surface area contributed by atoms with Crippen molar-refractivity contribution in [3.8, 4) is 5.75 Å². The maximum Gasteiger partial charge on any atom is 0.328 e. The van der Waals surface area contributed by atoms with Crippen molar-refractivity contribution in [2.24, 2.45) is 17.4 Å². The largest absolute Gasteiger partial charge is 0.508 e. The van der Waals surface area contributed by atoms with Crippen LogP contribution in [0.1, 0.15) is 45.1 Å². The fourth-order valence-corrected chi connectivity index (χ4v) is 3.46. The van der Waals surface area contributed by atoms with Gasteiger partial charge in [-0.1, -0.05) is 26.0 Å². The Morgan fingerprint density at radius 1 is 0.889 bits per heavy atom. The van der Waals surface area contributed by atoms with Gasteiger partial charge in [0, 0.05) is 6.42 Å². The smallest absolute Gasteiger partial charge is 0.328 e. The molecule has 0 spiro atoms. The van der Waals surface area contributed by atoms with Crippen LogP contribution < -0.4 is 27.4 Å². The van der Waals surface area contributed by atoms with Crippen molar-refractivity contribution in [2.45, 2.75) is 70.1 Å². The highest BCUT2D eigenvalue weighted by molar-refractivity contribution is 5.94. The van der Waals surface area contributed by atoms with Gasteiger partial charge < -0.3 is 42.7 Å². The third kappa shape index (κ3) is 11.0. The first kappa shape index (κ1) is 30.8. The van der Waals surface area contributed by atoms with Crippen LogP contribution in [0.5, 0.6) is 5.75 Å². The fourth-order valence-electron chi connectivity index (χ4n) is 3.46. The molecular weight excluding hydrogens is 470 g/mol. The predicted octanol–water partition coefficient (Wildman–Crippen LogP) is -1.03. The van der Waals surface area contributed by atoms with Gasteiger partial charge in [-0.25, -0.2) is 4.79 Å². The Kier molecular flexibility index (Phi) is 13.4. The summed E-state index contributed by atoms with van der Waals surface area (Å²) in [6, 6.07) is 1.32. The van der Waals surface area contributed by atoms with Crippen LogP contribution in [0.3, 0.4) is 0 Å². The molecule has 36 heavy (non-hydrogen) atoms. The molecule has 0 aliphatic carbocycles. The second-order valence-electron chi connectivity index (χ2n) is 9.10. The normalized spacial score (nSPS) is 14.4. The van der Waals surface area contributed by atoms with Crippen molar-refractivity contribution in [3.05, 3.63) is 29.8 Å². The van der Waals surface area contributed by atoms with Crippen LogP contribution >= 0.6 is 0 Å². The number of amides is 3. The van der Waals surface area contributed by atoms with E-state index in [1.54, 1.807) is 12.1 Å². The molecule has 0 heterocycles. The summed E-state index contributed by atoms with van der Waals surface area (Å²) in [5, 5.41) is 35.4. The summed E-state index contributed by atoms with van der Waals surface area (Å²) in [6.07, 6.45) is 1.80. The Bertz CT molecular complexity index is 863. The zero-order valence-corrected chi connectivity index (χ0v) is 20.8. The molecule has 0 aromatic heterocycles. The number of hydrogen-bond acceptors (Lipinski definition) is 8. The number of unbranched alkanes of at least 4 members (excludes halogenated alkanes) is 1.